The van der Waals surface area contributed by atoms with E-state index in [0.29, 0.717) is 35.9 Å². The van der Waals surface area contributed by atoms with Crippen LogP contribution in [0.25, 0.3) is 0 Å². The molecule has 2 rings (SSSR count). The Morgan fingerprint density at radius 1 is 1.50 bits per heavy atom. The van der Waals surface area contributed by atoms with Gasteiger partial charge in [0, 0.05) is 6.07 Å². The minimum Gasteiger partial charge on any atom is -0.462 e. The van der Waals surface area contributed by atoms with Gasteiger partial charge in [-0.05, 0) is 26.0 Å². The fraction of sp³-hybridized carbons (Fsp3) is 0.286. The summed E-state index contributed by atoms with van der Waals surface area (Å²) in [5, 5.41) is 6.89. The first kappa shape index (κ1) is 13.9. The van der Waals surface area contributed by atoms with Crippen LogP contribution in [0.5, 0.6) is 0 Å². The van der Waals surface area contributed by atoms with E-state index in [1.54, 1.807) is 25.1 Å². The van der Waals surface area contributed by atoms with E-state index < -0.39 is 5.97 Å². The predicted octanol–water partition coefficient (Wildman–Crippen LogP) is 2.35. The molecule has 20 heavy (non-hydrogen) atoms. The summed E-state index contributed by atoms with van der Waals surface area (Å²) < 4.78 is 10.1. The van der Waals surface area contributed by atoms with Crippen LogP contribution in [0, 0.1) is 6.92 Å². The van der Waals surface area contributed by atoms with Crippen LogP contribution in [0.3, 0.4) is 0 Å². The van der Waals surface area contributed by atoms with Gasteiger partial charge in [0.05, 0.1) is 35.8 Å². The molecule has 0 saturated heterocycles. The van der Waals surface area contributed by atoms with E-state index >= 15 is 0 Å². The van der Waals surface area contributed by atoms with Crippen molar-refractivity contribution in [2.24, 2.45) is 0 Å². The molecular weight excluding hydrogens is 258 g/mol. The normalized spacial score (nSPS) is 10.3. The van der Waals surface area contributed by atoms with Crippen LogP contribution < -0.4 is 11.1 Å². The number of nitrogen functional groups attached to an aromatic ring is 1. The molecular formula is C14H17N3O3. The molecule has 6 heteroatoms. The van der Waals surface area contributed by atoms with Crippen molar-refractivity contribution in [1.82, 2.24) is 5.16 Å². The van der Waals surface area contributed by atoms with Crippen LogP contribution in [0.4, 0.5) is 11.4 Å². The zero-order chi connectivity index (χ0) is 14.5. The first-order valence-corrected chi connectivity index (χ1v) is 6.33. The number of nitrogens with one attached hydrogen (secondary N) is 1. The van der Waals surface area contributed by atoms with Crippen molar-refractivity contribution in [3.8, 4) is 0 Å². The summed E-state index contributed by atoms with van der Waals surface area (Å²) in [6.45, 7) is 4.30. The van der Waals surface area contributed by atoms with Gasteiger partial charge in [-0.3, -0.25) is 0 Å². The SMILES string of the molecule is CCOC(=O)c1cccc(N)c1NCc1cc(C)no1. The molecule has 0 fully saturated rings. The van der Waals surface area contributed by atoms with Crippen molar-refractivity contribution in [1.29, 1.82) is 0 Å². The van der Waals surface area contributed by atoms with E-state index in [1.807, 2.05) is 13.0 Å². The first-order chi connectivity index (χ1) is 9.61. The van der Waals surface area contributed by atoms with Crippen molar-refractivity contribution in [3.05, 3.63) is 41.3 Å². The van der Waals surface area contributed by atoms with E-state index in [0.717, 1.165) is 5.69 Å². The number of ether oxygens (including phenoxy) is 1. The summed E-state index contributed by atoms with van der Waals surface area (Å²) in [5.74, 6) is 0.261. The molecule has 0 aliphatic rings. The van der Waals surface area contributed by atoms with Crippen LogP contribution in [0.2, 0.25) is 0 Å². The summed E-state index contributed by atoms with van der Waals surface area (Å²) in [6, 6.07) is 6.92. The molecule has 0 aliphatic carbocycles. The molecule has 1 aromatic carbocycles. The van der Waals surface area contributed by atoms with E-state index in [-0.39, 0.29) is 0 Å². The number of esters is 1. The highest BCUT2D eigenvalue weighted by atomic mass is 16.5. The molecule has 0 aliphatic heterocycles. The van der Waals surface area contributed by atoms with Gasteiger partial charge in [0.15, 0.2) is 5.76 Å². The summed E-state index contributed by atoms with van der Waals surface area (Å²) in [6.07, 6.45) is 0. The minimum absolute atomic E-state index is 0.314. The van der Waals surface area contributed by atoms with E-state index in [1.165, 1.54) is 0 Å². The van der Waals surface area contributed by atoms with Crippen LogP contribution >= 0.6 is 0 Å². The summed E-state index contributed by atoms with van der Waals surface area (Å²) >= 11 is 0. The molecule has 2 aromatic rings. The Morgan fingerprint density at radius 3 is 2.95 bits per heavy atom. The molecule has 0 bridgehead atoms. The van der Waals surface area contributed by atoms with Gasteiger partial charge in [0.1, 0.15) is 0 Å². The number of nitrogens with two attached hydrogens (primary N) is 1. The molecule has 0 unspecified atom stereocenters. The molecule has 0 spiro atoms. The second kappa shape index (κ2) is 6.10. The lowest BCUT2D eigenvalue weighted by Gasteiger charge is -2.12. The molecule has 0 atom stereocenters. The Labute approximate surface area is 116 Å². The number of nitrogens with zero attached hydrogens (tertiary/aromatic N) is 1. The van der Waals surface area contributed by atoms with Crippen LogP contribution in [-0.4, -0.2) is 17.7 Å². The van der Waals surface area contributed by atoms with E-state index in [2.05, 4.69) is 10.5 Å². The van der Waals surface area contributed by atoms with Gasteiger partial charge in [0.2, 0.25) is 0 Å². The zero-order valence-corrected chi connectivity index (χ0v) is 11.5. The molecule has 1 heterocycles. The lowest BCUT2D eigenvalue weighted by atomic mass is 10.1. The van der Waals surface area contributed by atoms with Crippen LogP contribution in [-0.2, 0) is 11.3 Å². The maximum Gasteiger partial charge on any atom is 0.340 e. The molecule has 0 amide bonds. The minimum atomic E-state index is -0.406. The van der Waals surface area contributed by atoms with Gasteiger partial charge >= 0.3 is 5.97 Å². The highest BCUT2D eigenvalue weighted by molar-refractivity contribution is 5.98. The quantitative estimate of drug-likeness (QED) is 0.643. The smallest absolute Gasteiger partial charge is 0.340 e. The second-order valence-corrected chi connectivity index (χ2v) is 4.28. The fourth-order valence-corrected chi connectivity index (χ4v) is 1.82. The Morgan fingerprint density at radius 2 is 2.30 bits per heavy atom. The number of hydrogen-bond donors (Lipinski definition) is 2. The maximum atomic E-state index is 11.9. The summed E-state index contributed by atoms with van der Waals surface area (Å²) in [5.41, 5.74) is 8.13. The fourth-order valence-electron chi connectivity index (χ4n) is 1.82. The molecule has 1 aromatic heterocycles. The van der Waals surface area contributed by atoms with Crippen LogP contribution in [0.1, 0.15) is 28.7 Å². The second-order valence-electron chi connectivity index (χ2n) is 4.28. The number of aromatic nitrogens is 1. The number of carbonyl (C=O) groups excluding carboxylic acids is 1. The topological polar surface area (TPSA) is 90.4 Å². The molecule has 0 saturated carbocycles. The van der Waals surface area contributed by atoms with Crippen molar-refractivity contribution in [3.63, 3.8) is 0 Å². The number of carbonyl (C=O) groups is 1. The van der Waals surface area contributed by atoms with Gasteiger partial charge in [0.25, 0.3) is 0 Å². The number of rotatable bonds is 5. The number of benzene rings is 1. The summed E-state index contributed by atoms with van der Waals surface area (Å²) in [7, 11) is 0. The average molecular weight is 275 g/mol. The number of para-hydroxylation sites is 1. The highest BCUT2D eigenvalue weighted by Gasteiger charge is 2.15. The highest BCUT2D eigenvalue weighted by Crippen LogP contribution is 2.25. The van der Waals surface area contributed by atoms with Crippen molar-refractivity contribution in [2.75, 3.05) is 17.7 Å². The first-order valence-electron chi connectivity index (χ1n) is 6.33. The largest absolute Gasteiger partial charge is 0.462 e. The van der Waals surface area contributed by atoms with Crippen molar-refractivity contribution >= 4 is 17.3 Å². The van der Waals surface area contributed by atoms with Crippen LogP contribution in [0.15, 0.2) is 28.8 Å². The van der Waals surface area contributed by atoms with Gasteiger partial charge in [-0.2, -0.15) is 0 Å². The van der Waals surface area contributed by atoms with Crippen molar-refractivity contribution < 1.29 is 14.1 Å². The third-order valence-corrected chi connectivity index (χ3v) is 2.71. The molecule has 0 radical (unpaired) electrons. The zero-order valence-electron chi connectivity index (χ0n) is 11.5. The lowest BCUT2D eigenvalue weighted by Crippen LogP contribution is -2.11. The van der Waals surface area contributed by atoms with E-state index in [4.69, 9.17) is 15.0 Å². The number of aryl methyl sites for hydroxylation is 1. The monoisotopic (exact) mass is 275 g/mol. The summed E-state index contributed by atoms with van der Waals surface area (Å²) in [4.78, 5) is 11.9. The third-order valence-electron chi connectivity index (χ3n) is 2.71. The van der Waals surface area contributed by atoms with Gasteiger partial charge in [-0.25, -0.2) is 4.79 Å². The number of anilines is 2. The van der Waals surface area contributed by atoms with E-state index in [9.17, 15) is 4.79 Å². The molecule has 3 N–H and O–H groups in total. The Kier molecular flexibility index (Phi) is 4.24. The number of hydrogen-bond acceptors (Lipinski definition) is 6. The third kappa shape index (κ3) is 3.09. The Bertz CT molecular complexity index is 607. The van der Waals surface area contributed by atoms with Gasteiger partial charge in [-0.15, -0.1) is 0 Å². The molecule has 6 nitrogen and oxygen atoms in total. The maximum absolute atomic E-state index is 11.9. The lowest BCUT2D eigenvalue weighted by molar-refractivity contribution is 0.0527. The average Bonchev–Trinajstić information content (AvgIpc) is 2.83. The Hall–Kier alpha value is -2.50. The standard InChI is InChI=1S/C14H17N3O3/c1-3-19-14(18)11-5-4-6-12(15)13(11)16-8-10-7-9(2)17-20-10/h4-7,16H,3,8,15H2,1-2H3. The van der Waals surface area contributed by atoms with Gasteiger partial charge in [-0.1, -0.05) is 11.2 Å². The Balaban J connectivity index is 2.19. The predicted molar refractivity (Wildman–Crippen MR) is 75.4 cm³/mol. The van der Waals surface area contributed by atoms with Crippen molar-refractivity contribution in [2.45, 2.75) is 20.4 Å². The van der Waals surface area contributed by atoms with Gasteiger partial charge < -0.3 is 20.3 Å². The molecule has 106 valence electrons.